The van der Waals surface area contributed by atoms with Crippen LogP contribution in [-0.4, -0.2) is 16.7 Å². The summed E-state index contributed by atoms with van der Waals surface area (Å²) in [6, 6.07) is 15.1. The van der Waals surface area contributed by atoms with Gasteiger partial charge in [-0.25, -0.2) is 0 Å². The molecule has 124 valence electrons. The fourth-order valence-electron chi connectivity index (χ4n) is 1.95. The van der Waals surface area contributed by atoms with Crippen molar-refractivity contribution in [1.29, 1.82) is 0 Å². The van der Waals surface area contributed by atoms with Gasteiger partial charge in [-0.05, 0) is 55.0 Å². The standard InChI is InChI=1S/C17H17BrN4OS/c1-11(13-5-3-7-15(9-13)19-12(2)23)21-22-17(24)20-16-8-4-6-14(18)10-16/h3-10H,1-2H3,(H,19,23)(H2,20,22,24)/b21-11-. The van der Waals surface area contributed by atoms with Gasteiger partial charge in [-0.15, -0.1) is 0 Å². The van der Waals surface area contributed by atoms with Gasteiger partial charge in [0.05, 0.1) is 5.71 Å². The molecule has 0 spiro atoms. The van der Waals surface area contributed by atoms with Gasteiger partial charge >= 0.3 is 0 Å². The molecule has 3 N–H and O–H groups in total. The topological polar surface area (TPSA) is 65.5 Å². The molecule has 7 heteroatoms. The van der Waals surface area contributed by atoms with E-state index < -0.39 is 0 Å². The maximum atomic E-state index is 11.1. The van der Waals surface area contributed by atoms with Crippen molar-refractivity contribution in [3.05, 3.63) is 58.6 Å². The quantitative estimate of drug-likeness (QED) is 0.407. The van der Waals surface area contributed by atoms with E-state index in [1.807, 2.05) is 55.5 Å². The van der Waals surface area contributed by atoms with Crippen LogP contribution in [0.5, 0.6) is 0 Å². The lowest BCUT2D eigenvalue weighted by atomic mass is 10.1. The van der Waals surface area contributed by atoms with E-state index in [1.54, 1.807) is 0 Å². The first kappa shape index (κ1) is 18.1. The lowest BCUT2D eigenvalue weighted by Crippen LogP contribution is -2.25. The highest BCUT2D eigenvalue weighted by Crippen LogP contribution is 2.15. The molecule has 5 nitrogen and oxygen atoms in total. The molecule has 0 radical (unpaired) electrons. The summed E-state index contributed by atoms with van der Waals surface area (Å²) >= 11 is 8.64. The van der Waals surface area contributed by atoms with Gasteiger partial charge in [0, 0.05) is 22.8 Å². The van der Waals surface area contributed by atoms with Gasteiger partial charge in [-0.3, -0.25) is 10.2 Å². The van der Waals surface area contributed by atoms with Gasteiger partial charge in [0.1, 0.15) is 0 Å². The lowest BCUT2D eigenvalue weighted by molar-refractivity contribution is -0.114. The Labute approximate surface area is 154 Å². The van der Waals surface area contributed by atoms with E-state index in [-0.39, 0.29) is 5.91 Å². The Morgan fingerprint density at radius 3 is 2.38 bits per heavy atom. The highest BCUT2D eigenvalue weighted by atomic mass is 79.9. The summed E-state index contributed by atoms with van der Waals surface area (Å²) in [5.74, 6) is -0.112. The number of nitrogens with zero attached hydrogens (tertiary/aromatic N) is 1. The Balaban J connectivity index is 2.00. The molecule has 0 atom stereocenters. The van der Waals surface area contributed by atoms with Gasteiger partial charge in [0.15, 0.2) is 5.11 Å². The number of anilines is 2. The summed E-state index contributed by atoms with van der Waals surface area (Å²) in [7, 11) is 0. The Hall–Kier alpha value is -2.25. The number of carbonyl (C=O) groups is 1. The molecule has 0 aromatic heterocycles. The first-order chi connectivity index (χ1) is 11.4. The lowest BCUT2D eigenvalue weighted by Gasteiger charge is -2.09. The Morgan fingerprint density at radius 2 is 1.71 bits per heavy atom. The van der Waals surface area contributed by atoms with E-state index in [0.29, 0.717) is 5.11 Å². The highest BCUT2D eigenvalue weighted by Gasteiger charge is 2.02. The third kappa shape index (κ3) is 5.75. The minimum atomic E-state index is -0.112. The number of carbonyl (C=O) groups excluding carboxylic acids is 1. The van der Waals surface area contributed by atoms with E-state index in [1.165, 1.54) is 6.92 Å². The van der Waals surface area contributed by atoms with Crippen molar-refractivity contribution in [2.75, 3.05) is 10.6 Å². The Morgan fingerprint density at radius 1 is 1.04 bits per heavy atom. The fourth-order valence-corrected chi connectivity index (χ4v) is 2.51. The predicted molar refractivity (Wildman–Crippen MR) is 106 cm³/mol. The molecule has 0 unspecified atom stereocenters. The van der Waals surface area contributed by atoms with Crippen LogP contribution in [0.15, 0.2) is 58.1 Å². The molecule has 0 aliphatic heterocycles. The van der Waals surface area contributed by atoms with Crippen LogP contribution >= 0.6 is 28.1 Å². The van der Waals surface area contributed by atoms with Crippen LogP contribution in [0.1, 0.15) is 19.4 Å². The van der Waals surface area contributed by atoms with Gasteiger partial charge in [-0.2, -0.15) is 5.10 Å². The second-order valence-corrected chi connectivity index (χ2v) is 6.36. The molecule has 2 aromatic carbocycles. The van der Waals surface area contributed by atoms with Crippen LogP contribution < -0.4 is 16.1 Å². The summed E-state index contributed by atoms with van der Waals surface area (Å²) in [6.45, 7) is 3.34. The number of halogens is 1. The molecule has 2 aromatic rings. The molecule has 0 heterocycles. The minimum absolute atomic E-state index is 0.112. The molecule has 0 aliphatic rings. The Bertz CT molecular complexity index is 792. The van der Waals surface area contributed by atoms with Crippen LogP contribution in [0.25, 0.3) is 0 Å². The summed E-state index contributed by atoms with van der Waals surface area (Å²) in [5, 5.41) is 10.5. The van der Waals surface area contributed by atoms with Crippen LogP contribution in [0, 0.1) is 0 Å². The third-order valence-corrected chi connectivity index (χ3v) is 3.69. The van der Waals surface area contributed by atoms with E-state index in [0.717, 1.165) is 27.1 Å². The molecular weight excluding hydrogens is 388 g/mol. The van der Waals surface area contributed by atoms with Gasteiger partial charge < -0.3 is 10.6 Å². The van der Waals surface area contributed by atoms with Gasteiger partial charge in [0.25, 0.3) is 0 Å². The first-order valence-electron chi connectivity index (χ1n) is 7.19. The maximum Gasteiger partial charge on any atom is 0.221 e. The van der Waals surface area contributed by atoms with Crippen molar-refractivity contribution in [1.82, 2.24) is 5.43 Å². The second kappa shape index (κ2) is 8.56. The maximum absolute atomic E-state index is 11.1. The highest BCUT2D eigenvalue weighted by molar-refractivity contribution is 9.10. The number of thiocarbonyl (C=S) groups is 1. The van der Waals surface area contributed by atoms with Crippen molar-refractivity contribution < 1.29 is 4.79 Å². The number of amides is 1. The Kier molecular flexibility index (Phi) is 6.45. The van der Waals surface area contributed by atoms with Crippen LogP contribution in [0.3, 0.4) is 0 Å². The van der Waals surface area contributed by atoms with E-state index in [9.17, 15) is 4.79 Å². The van der Waals surface area contributed by atoms with Crippen LogP contribution in [-0.2, 0) is 4.79 Å². The van der Waals surface area contributed by atoms with E-state index >= 15 is 0 Å². The largest absolute Gasteiger partial charge is 0.331 e. The van der Waals surface area contributed by atoms with Gasteiger partial charge in [0.2, 0.25) is 5.91 Å². The number of rotatable bonds is 4. The van der Waals surface area contributed by atoms with Crippen molar-refractivity contribution in [2.24, 2.45) is 5.10 Å². The van der Waals surface area contributed by atoms with Gasteiger partial charge in [-0.1, -0.05) is 34.1 Å². The van der Waals surface area contributed by atoms with Crippen LogP contribution in [0.2, 0.25) is 0 Å². The summed E-state index contributed by atoms with van der Waals surface area (Å²) in [6.07, 6.45) is 0. The molecule has 2 rings (SSSR count). The normalized spacial score (nSPS) is 10.9. The zero-order chi connectivity index (χ0) is 17.5. The first-order valence-corrected chi connectivity index (χ1v) is 8.39. The fraction of sp³-hybridized carbons (Fsp3) is 0.118. The van der Waals surface area contributed by atoms with E-state index in [4.69, 9.17) is 12.2 Å². The summed E-state index contributed by atoms with van der Waals surface area (Å²) < 4.78 is 0.963. The monoisotopic (exact) mass is 404 g/mol. The molecule has 0 saturated heterocycles. The van der Waals surface area contributed by atoms with Crippen molar-refractivity contribution in [3.8, 4) is 0 Å². The van der Waals surface area contributed by atoms with Crippen molar-refractivity contribution >= 4 is 56.3 Å². The van der Waals surface area contributed by atoms with Crippen molar-refractivity contribution in [2.45, 2.75) is 13.8 Å². The zero-order valence-corrected chi connectivity index (χ0v) is 15.7. The average molecular weight is 405 g/mol. The number of benzene rings is 2. The summed E-state index contributed by atoms with van der Waals surface area (Å²) in [5.41, 5.74) is 6.04. The third-order valence-electron chi connectivity index (χ3n) is 3.01. The number of nitrogens with one attached hydrogen (secondary N) is 3. The van der Waals surface area contributed by atoms with Crippen LogP contribution in [0.4, 0.5) is 11.4 Å². The second-order valence-electron chi connectivity index (χ2n) is 5.04. The molecule has 0 saturated carbocycles. The SMILES string of the molecule is CC(=O)Nc1cccc(/C(C)=N\NC(=S)Nc2cccc(Br)c2)c1. The minimum Gasteiger partial charge on any atom is -0.331 e. The molecule has 0 bridgehead atoms. The number of hydrogen-bond donors (Lipinski definition) is 3. The number of hydrogen-bond acceptors (Lipinski definition) is 3. The smallest absolute Gasteiger partial charge is 0.221 e. The molecule has 1 amide bonds. The molecule has 24 heavy (non-hydrogen) atoms. The summed E-state index contributed by atoms with van der Waals surface area (Å²) in [4.78, 5) is 11.1. The molecule has 0 aliphatic carbocycles. The molecule has 0 fully saturated rings. The predicted octanol–water partition coefficient (Wildman–Crippen LogP) is 4.12. The van der Waals surface area contributed by atoms with E-state index in [2.05, 4.69) is 37.1 Å². The number of hydrazone groups is 1. The van der Waals surface area contributed by atoms with Crippen molar-refractivity contribution in [3.63, 3.8) is 0 Å². The molecular formula is C17H17BrN4OS. The average Bonchev–Trinajstić information content (AvgIpc) is 2.52. The zero-order valence-electron chi connectivity index (χ0n) is 13.3.